The van der Waals surface area contributed by atoms with Gasteiger partial charge >= 0.3 is 5.97 Å². The standard InChI is InChI=1S/C14H15N3O3/c1-9-7-16(8-11(9)14(19)20)13(18)10-6-15-17-5-3-2-4-12(10)17/h2-6,9,11H,7-8H2,1H3,(H,19,20). The lowest BCUT2D eigenvalue weighted by Crippen LogP contribution is -2.29. The van der Waals surface area contributed by atoms with E-state index in [4.69, 9.17) is 5.11 Å². The van der Waals surface area contributed by atoms with Gasteiger partial charge in [0, 0.05) is 19.3 Å². The van der Waals surface area contributed by atoms with Gasteiger partial charge in [-0.2, -0.15) is 5.10 Å². The lowest BCUT2D eigenvalue weighted by Gasteiger charge is -2.14. The highest BCUT2D eigenvalue weighted by atomic mass is 16.4. The smallest absolute Gasteiger partial charge is 0.308 e. The highest BCUT2D eigenvalue weighted by molar-refractivity contribution is 6.01. The van der Waals surface area contributed by atoms with Crippen LogP contribution in [0.25, 0.3) is 5.52 Å². The average molecular weight is 273 g/mol. The van der Waals surface area contributed by atoms with E-state index >= 15 is 0 Å². The van der Waals surface area contributed by atoms with E-state index in [2.05, 4.69) is 5.10 Å². The van der Waals surface area contributed by atoms with Gasteiger partial charge < -0.3 is 10.0 Å². The maximum absolute atomic E-state index is 12.5. The Kier molecular flexibility index (Phi) is 2.93. The molecule has 1 aliphatic heterocycles. The zero-order chi connectivity index (χ0) is 14.3. The monoisotopic (exact) mass is 273 g/mol. The van der Waals surface area contributed by atoms with Crippen LogP contribution in [0.5, 0.6) is 0 Å². The van der Waals surface area contributed by atoms with Crippen LogP contribution in [-0.4, -0.2) is 44.6 Å². The van der Waals surface area contributed by atoms with E-state index in [0.29, 0.717) is 12.1 Å². The summed E-state index contributed by atoms with van der Waals surface area (Å²) in [4.78, 5) is 25.2. The van der Waals surface area contributed by atoms with Crippen molar-refractivity contribution in [3.05, 3.63) is 36.2 Å². The molecule has 6 heteroatoms. The third-order valence-electron chi connectivity index (χ3n) is 3.87. The fraction of sp³-hybridized carbons (Fsp3) is 0.357. The summed E-state index contributed by atoms with van der Waals surface area (Å²) in [5.74, 6) is -1.51. The Labute approximate surface area is 115 Å². The Hall–Kier alpha value is -2.37. The Morgan fingerprint density at radius 2 is 2.15 bits per heavy atom. The first-order chi connectivity index (χ1) is 9.58. The molecule has 1 amide bonds. The van der Waals surface area contributed by atoms with Crippen LogP contribution in [0.4, 0.5) is 0 Å². The van der Waals surface area contributed by atoms with Crippen LogP contribution in [0.15, 0.2) is 30.6 Å². The molecule has 0 bridgehead atoms. The molecular formula is C14H15N3O3. The quantitative estimate of drug-likeness (QED) is 0.890. The summed E-state index contributed by atoms with van der Waals surface area (Å²) in [5.41, 5.74) is 1.26. The maximum atomic E-state index is 12.5. The second kappa shape index (κ2) is 4.63. The van der Waals surface area contributed by atoms with Crippen molar-refractivity contribution in [2.45, 2.75) is 6.92 Å². The van der Waals surface area contributed by atoms with Gasteiger partial charge in [0.25, 0.3) is 5.91 Å². The molecule has 3 rings (SSSR count). The molecule has 3 heterocycles. The fourth-order valence-electron chi connectivity index (χ4n) is 2.72. The molecule has 1 N–H and O–H groups in total. The molecule has 2 unspecified atom stereocenters. The summed E-state index contributed by atoms with van der Waals surface area (Å²) < 4.78 is 1.64. The number of carboxylic acid groups (broad SMARTS) is 1. The summed E-state index contributed by atoms with van der Waals surface area (Å²) in [6, 6.07) is 5.52. The van der Waals surface area contributed by atoms with E-state index in [0.717, 1.165) is 5.52 Å². The number of amides is 1. The molecule has 104 valence electrons. The minimum absolute atomic E-state index is 0.0294. The first-order valence-electron chi connectivity index (χ1n) is 6.52. The molecule has 20 heavy (non-hydrogen) atoms. The minimum Gasteiger partial charge on any atom is -0.481 e. The third-order valence-corrected chi connectivity index (χ3v) is 3.87. The van der Waals surface area contributed by atoms with Crippen LogP contribution in [-0.2, 0) is 4.79 Å². The number of fused-ring (bicyclic) bond motifs is 1. The number of carbonyl (C=O) groups is 2. The number of hydrogen-bond donors (Lipinski definition) is 1. The van der Waals surface area contributed by atoms with Crippen LogP contribution in [0.2, 0.25) is 0 Å². The topological polar surface area (TPSA) is 74.9 Å². The maximum Gasteiger partial charge on any atom is 0.308 e. The Bertz CT molecular complexity index is 679. The Morgan fingerprint density at radius 3 is 2.85 bits per heavy atom. The van der Waals surface area contributed by atoms with E-state index in [-0.39, 0.29) is 18.4 Å². The molecule has 6 nitrogen and oxygen atoms in total. The summed E-state index contributed by atoms with van der Waals surface area (Å²) in [6.07, 6.45) is 3.31. The molecule has 0 spiro atoms. The number of hydrogen-bond acceptors (Lipinski definition) is 3. The number of rotatable bonds is 2. The van der Waals surface area contributed by atoms with Gasteiger partial charge in [0.1, 0.15) is 0 Å². The predicted molar refractivity (Wildman–Crippen MR) is 71.4 cm³/mol. The second-order valence-electron chi connectivity index (χ2n) is 5.22. The van der Waals surface area contributed by atoms with Crippen molar-refractivity contribution < 1.29 is 14.7 Å². The SMILES string of the molecule is CC1CN(C(=O)c2cnn3ccccc23)CC1C(=O)O. The summed E-state index contributed by atoms with van der Waals surface area (Å²) in [5, 5.41) is 13.3. The first-order valence-corrected chi connectivity index (χ1v) is 6.52. The largest absolute Gasteiger partial charge is 0.481 e. The zero-order valence-corrected chi connectivity index (χ0v) is 11.1. The molecule has 2 aromatic heterocycles. The van der Waals surface area contributed by atoms with Crippen molar-refractivity contribution >= 4 is 17.4 Å². The fourth-order valence-corrected chi connectivity index (χ4v) is 2.72. The number of nitrogens with zero attached hydrogens (tertiary/aromatic N) is 3. The molecule has 2 aromatic rings. The van der Waals surface area contributed by atoms with E-state index in [1.807, 2.05) is 25.1 Å². The van der Waals surface area contributed by atoms with Crippen LogP contribution in [0, 0.1) is 11.8 Å². The normalized spacial score (nSPS) is 22.4. The van der Waals surface area contributed by atoms with E-state index < -0.39 is 11.9 Å². The van der Waals surface area contributed by atoms with E-state index in [1.165, 1.54) is 6.20 Å². The molecule has 1 aliphatic rings. The molecule has 0 saturated carbocycles. The number of likely N-dealkylation sites (tertiary alicyclic amines) is 1. The summed E-state index contributed by atoms with van der Waals surface area (Å²) >= 11 is 0. The molecule has 1 fully saturated rings. The van der Waals surface area contributed by atoms with Gasteiger partial charge in [0.15, 0.2) is 0 Å². The Morgan fingerprint density at radius 1 is 1.35 bits per heavy atom. The van der Waals surface area contributed by atoms with E-state index in [1.54, 1.807) is 15.6 Å². The van der Waals surface area contributed by atoms with Crippen molar-refractivity contribution in [2.24, 2.45) is 11.8 Å². The van der Waals surface area contributed by atoms with Gasteiger partial charge in [-0.3, -0.25) is 9.59 Å². The highest BCUT2D eigenvalue weighted by Crippen LogP contribution is 2.25. The van der Waals surface area contributed by atoms with Gasteiger partial charge in [0.05, 0.1) is 23.2 Å². The number of carbonyl (C=O) groups excluding carboxylic acids is 1. The van der Waals surface area contributed by atoms with Gasteiger partial charge in [-0.25, -0.2) is 4.52 Å². The average Bonchev–Trinajstić information content (AvgIpc) is 3.01. The Balaban J connectivity index is 1.89. The third kappa shape index (κ3) is 1.93. The van der Waals surface area contributed by atoms with Gasteiger partial charge in [-0.1, -0.05) is 13.0 Å². The number of aromatic nitrogens is 2. The minimum atomic E-state index is -0.840. The molecular weight excluding hydrogens is 258 g/mol. The first kappa shape index (κ1) is 12.7. The van der Waals surface area contributed by atoms with Crippen molar-refractivity contribution in [3.8, 4) is 0 Å². The van der Waals surface area contributed by atoms with Crippen LogP contribution in [0.3, 0.4) is 0 Å². The highest BCUT2D eigenvalue weighted by Gasteiger charge is 2.37. The predicted octanol–water partition coefficient (Wildman–Crippen LogP) is 1.13. The van der Waals surface area contributed by atoms with Crippen LogP contribution in [0.1, 0.15) is 17.3 Å². The van der Waals surface area contributed by atoms with Crippen molar-refractivity contribution in [2.75, 3.05) is 13.1 Å². The van der Waals surface area contributed by atoms with Crippen LogP contribution < -0.4 is 0 Å². The van der Waals surface area contributed by atoms with Crippen molar-refractivity contribution in [3.63, 3.8) is 0 Å². The van der Waals surface area contributed by atoms with Gasteiger partial charge in [-0.05, 0) is 18.1 Å². The number of aliphatic carboxylic acids is 1. The molecule has 0 aliphatic carbocycles. The summed E-state index contributed by atoms with van der Waals surface area (Å²) in [6.45, 7) is 2.60. The van der Waals surface area contributed by atoms with Gasteiger partial charge in [0.2, 0.25) is 0 Å². The lowest BCUT2D eigenvalue weighted by atomic mass is 9.99. The van der Waals surface area contributed by atoms with Gasteiger partial charge in [-0.15, -0.1) is 0 Å². The molecule has 2 atom stereocenters. The second-order valence-corrected chi connectivity index (χ2v) is 5.22. The number of pyridine rings is 1. The molecule has 0 aromatic carbocycles. The molecule has 0 radical (unpaired) electrons. The van der Waals surface area contributed by atoms with Crippen molar-refractivity contribution in [1.82, 2.24) is 14.5 Å². The van der Waals surface area contributed by atoms with Crippen molar-refractivity contribution in [1.29, 1.82) is 0 Å². The number of carboxylic acids is 1. The van der Waals surface area contributed by atoms with Crippen LogP contribution >= 0.6 is 0 Å². The summed E-state index contributed by atoms with van der Waals surface area (Å²) in [7, 11) is 0. The molecule has 1 saturated heterocycles. The zero-order valence-electron chi connectivity index (χ0n) is 11.1. The van der Waals surface area contributed by atoms with E-state index in [9.17, 15) is 9.59 Å². The lowest BCUT2D eigenvalue weighted by molar-refractivity contribution is -0.142.